The van der Waals surface area contributed by atoms with Crippen LogP contribution in [0.15, 0.2) is 18.2 Å². The smallest absolute Gasteiger partial charge is 0.231 e. The van der Waals surface area contributed by atoms with Crippen molar-refractivity contribution in [3.63, 3.8) is 0 Å². The van der Waals surface area contributed by atoms with Crippen LogP contribution in [0.1, 0.15) is 24.8 Å². The Balaban J connectivity index is 1.25. The molecule has 0 bridgehead atoms. The van der Waals surface area contributed by atoms with Crippen LogP contribution in [0.2, 0.25) is 0 Å². The number of piperazine rings is 1. The van der Waals surface area contributed by atoms with E-state index >= 15 is 0 Å². The van der Waals surface area contributed by atoms with Gasteiger partial charge in [0.05, 0.1) is 12.0 Å². The van der Waals surface area contributed by atoms with Crippen molar-refractivity contribution in [1.29, 1.82) is 5.26 Å². The Bertz CT molecular complexity index is 740. The van der Waals surface area contributed by atoms with Crippen LogP contribution in [-0.2, 0) is 11.3 Å². The Morgan fingerprint density at radius 2 is 1.93 bits per heavy atom. The molecule has 0 spiro atoms. The monoisotopic (exact) mass is 384 g/mol. The highest BCUT2D eigenvalue weighted by atomic mass is 16.7. The molecule has 0 aliphatic carbocycles. The van der Waals surface area contributed by atoms with Crippen LogP contribution in [0.3, 0.4) is 0 Å². The van der Waals surface area contributed by atoms with Crippen LogP contribution < -0.4 is 9.47 Å². The Kier molecular flexibility index (Phi) is 5.98. The number of nitrogens with zero attached hydrogens (tertiary/aromatic N) is 4. The number of carbonyl (C=O) groups is 1. The van der Waals surface area contributed by atoms with E-state index in [0.717, 1.165) is 76.7 Å². The second-order valence-electron chi connectivity index (χ2n) is 7.84. The number of nitriles is 1. The van der Waals surface area contributed by atoms with E-state index < -0.39 is 0 Å². The summed E-state index contributed by atoms with van der Waals surface area (Å²) >= 11 is 0. The maximum absolute atomic E-state index is 13.0. The van der Waals surface area contributed by atoms with Gasteiger partial charge in [-0.2, -0.15) is 5.26 Å². The molecule has 3 aliphatic rings. The molecule has 0 aromatic heterocycles. The largest absolute Gasteiger partial charge is 0.454 e. The molecule has 4 rings (SSSR count). The minimum atomic E-state index is 0.0906. The van der Waals surface area contributed by atoms with Gasteiger partial charge in [-0.3, -0.25) is 9.69 Å². The third-order valence-electron chi connectivity index (χ3n) is 5.92. The van der Waals surface area contributed by atoms with Gasteiger partial charge in [0.1, 0.15) is 0 Å². The number of likely N-dealkylation sites (tertiary alicyclic amines) is 1. The molecular formula is C21H28N4O3. The summed E-state index contributed by atoms with van der Waals surface area (Å²) in [6.45, 7) is 7.13. The summed E-state index contributed by atoms with van der Waals surface area (Å²) in [6, 6.07) is 8.31. The van der Waals surface area contributed by atoms with Gasteiger partial charge in [-0.15, -0.1) is 0 Å². The maximum Gasteiger partial charge on any atom is 0.231 e. The highest BCUT2D eigenvalue weighted by Gasteiger charge is 2.31. The third-order valence-corrected chi connectivity index (χ3v) is 5.92. The van der Waals surface area contributed by atoms with Crippen molar-refractivity contribution in [2.24, 2.45) is 5.92 Å². The van der Waals surface area contributed by atoms with E-state index in [1.54, 1.807) is 0 Å². The van der Waals surface area contributed by atoms with Crippen molar-refractivity contribution in [2.45, 2.75) is 25.8 Å². The van der Waals surface area contributed by atoms with Gasteiger partial charge in [-0.25, -0.2) is 0 Å². The molecule has 0 N–H and O–H groups in total. The molecule has 1 unspecified atom stereocenters. The third kappa shape index (κ3) is 4.40. The van der Waals surface area contributed by atoms with E-state index in [9.17, 15) is 4.79 Å². The van der Waals surface area contributed by atoms with E-state index in [1.807, 2.05) is 11.0 Å². The second-order valence-corrected chi connectivity index (χ2v) is 7.84. The standard InChI is InChI=1S/C21H28N4O3/c22-6-2-8-23-7-1-3-18(15-23)21(26)25-11-9-24(10-12-25)14-17-4-5-19-20(13-17)28-16-27-19/h4-5,13,18H,1-3,7-12,14-16H2. The van der Waals surface area contributed by atoms with Gasteiger partial charge in [0, 0.05) is 52.2 Å². The fourth-order valence-corrected chi connectivity index (χ4v) is 4.35. The first kappa shape index (κ1) is 19.0. The molecule has 1 aromatic rings. The van der Waals surface area contributed by atoms with Gasteiger partial charge in [0.25, 0.3) is 0 Å². The summed E-state index contributed by atoms with van der Waals surface area (Å²) in [4.78, 5) is 19.6. The van der Waals surface area contributed by atoms with E-state index in [2.05, 4.69) is 28.0 Å². The number of fused-ring (bicyclic) bond motifs is 1. The molecule has 1 atom stereocenters. The molecule has 0 radical (unpaired) electrons. The summed E-state index contributed by atoms with van der Waals surface area (Å²) in [5, 5.41) is 8.78. The van der Waals surface area contributed by atoms with Crippen LogP contribution in [0.5, 0.6) is 11.5 Å². The molecule has 2 fully saturated rings. The second kappa shape index (κ2) is 8.80. The van der Waals surface area contributed by atoms with E-state index in [0.29, 0.717) is 19.1 Å². The van der Waals surface area contributed by atoms with E-state index in [4.69, 9.17) is 14.7 Å². The molecule has 28 heavy (non-hydrogen) atoms. The molecule has 7 nitrogen and oxygen atoms in total. The molecule has 2 saturated heterocycles. The first-order chi connectivity index (χ1) is 13.7. The van der Waals surface area contributed by atoms with E-state index in [1.165, 1.54) is 5.56 Å². The van der Waals surface area contributed by atoms with Crippen molar-refractivity contribution in [2.75, 3.05) is 52.6 Å². The SMILES string of the molecule is N#CCCN1CCCC(C(=O)N2CCN(Cc3ccc4c(c3)OCO4)CC2)C1. The van der Waals surface area contributed by atoms with Gasteiger partial charge < -0.3 is 19.3 Å². The number of rotatable bonds is 5. The van der Waals surface area contributed by atoms with Crippen LogP contribution in [0, 0.1) is 17.2 Å². The van der Waals surface area contributed by atoms with Crippen molar-refractivity contribution in [3.8, 4) is 17.6 Å². The minimum absolute atomic E-state index is 0.0906. The lowest BCUT2D eigenvalue weighted by atomic mass is 9.96. The molecule has 0 saturated carbocycles. The van der Waals surface area contributed by atoms with Crippen molar-refractivity contribution in [1.82, 2.24) is 14.7 Å². The van der Waals surface area contributed by atoms with Crippen molar-refractivity contribution >= 4 is 5.91 Å². The van der Waals surface area contributed by atoms with Crippen molar-refractivity contribution < 1.29 is 14.3 Å². The Morgan fingerprint density at radius 1 is 1.11 bits per heavy atom. The zero-order valence-electron chi connectivity index (χ0n) is 16.3. The van der Waals surface area contributed by atoms with Crippen LogP contribution in [0.4, 0.5) is 0 Å². The van der Waals surface area contributed by atoms with Gasteiger partial charge in [-0.1, -0.05) is 6.07 Å². The fourth-order valence-electron chi connectivity index (χ4n) is 4.35. The van der Waals surface area contributed by atoms with Gasteiger partial charge >= 0.3 is 0 Å². The Morgan fingerprint density at radius 3 is 2.75 bits per heavy atom. The number of benzene rings is 1. The molecule has 150 valence electrons. The molecule has 1 aromatic carbocycles. The highest BCUT2D eigenvalue weighted by molar-refractivity contribution is 5.79. The number of piperidine rings is 1. The fraction of sp³-hybridized carbons (Fsp3) is 0.619. The first-order valence-electron chi connectivity index (χ1n) is 10.2. The lowest BCUT2D eigenvalue weighted by Crippen LogP contribution is -2.52. The quantitative estimate of drug-likeness (QED) is 0.770. The summed E-state index contributed by atoms with van der Waals surface area (Å²) in [5.41, 5.74) is 1.21. The molecule has 3 aliphatic heterocycles. The summed E-state index contributed by atoms with van der Waals surface area (Å²) in [5.74, 6) is 2.03. The first-order valence-corrected chi connectivity index (χ1v) is 10.2. The number of hydrogen-bond acceptors (Lipinski definition) is 6. The predicted octanol–water partition coefficient (Wildman–Crippen LogP) is 1.69. The Labute approximate surface area is 166 Å². The molecule has 3 heterocycles. The molecule has 7 heteroatoms. The number of carbonyl (C=O) groups excluding carboxylic acids is 1. The highest BCUT2D eigenvalue weighted by Crippen LogP contribution is 2.33. The molecular weight excluding hydrogens is 356 g/mol. The minimum Gasteiger partial charge on any atom is -0.454 e. The van der Waals surface area contributed by atoms with Gasteiger partial charge in [0.2, 0.25) is 12.7 Å². The lowest BCUT2D eigenvalue weighted by Gasteiger charge is -2.39. The number of amides is 1. The average Bonchev–Trinajstić information content (AvgIpc) is 3.20. The van der Waals surface area contributed by atoms with Crippen molar-refractivity contribution in [3.05, 3.63) is 23.8 Å². The summed E-state index contributed by atoms with van der Waals surface area (Å²) in [7, 11) is 0. The van der Waals surface area contributed by atoms with Crippen LogP contribution in [0.25, 0.3) is 0 Å². The summed E-state index contributed by atoms with van der Waals surface area (Å²) in [6.07, 6.45) is 2.56. The Hall–Kier alpha value is -2.30. The molecule has 1 amide bonds. The summed E-state index contributed by atoms with van der Waals surface area (Å²) < 4.78 is 10.8. The zero-order valence-corrected chi connectivity index (χ0v) is 16.3. The predicted molar refractivity (Wildman–Crippen MR) is 104 cm³/mol. The topological polar surface area (TPSA) is 69.0 Å². The maximum atomic E-state index is 13.0. The van der Waals surface area contributed by atoms with Crippen LogP contribution in [-0.4, -0.2) is 73.2 Å². The lowest BCUT2D eigenvalue weighted by molar-refractivity contribution is -0.139. The van der Waals surface area contributed by atoms with E-state index in [-0.39, 0.29) is 5.92 Å². The van der Waals surface area contributed by atoms with Gasteiger partial charge in [-0.05, 0) is 37.1 Å². The van der Waals surface area contributed by atoms with Gasteiger partial charge in [0.15, 0.2) is 11.5 Å². The van der Waals surface area contributed by atoms with Crippen LogP contribution >= 0.6 is 0 Å². The normalized spacial score (nSPS) is 22.8. The number of ether oxygens (including phenoxy) is 2. The average molecular weight is 384 g/mol. The number of hydrogen-bond donors (Lipinski definition) is 0. The zero-order chi connectivity index (χ0) is 19.3.